The van der Waals surface area contributed by atoms with Crippen LogP contribution >= 0.6 is 0 Å². The zero-order valence-electron chi connectivity index (χ0n) is 17.6. The molecule has 1 aromatic heterocycles. The number of rotatable bonds is 3. The van der Waals surface area contributed by atoms with Crippen LogP contribution in [0.4, 0.5) is 13.2 Å². The van der Waals surface area contributed by atoms with Gasteiger partial charge >= 0.3 is 12.1 Å². The Labute approximate surface area is 184 Å². The Kier molecular flexibility index (Phi) is 7.06. The van der Waals surface area contributed by atoms with E-state index in [0.717, 1.165) is 50.1 Å². The minimum Gasteiger partial charge on any atom is -0.489 e. The van der Waals surface area contributed by atoms with Crippen LogP contribution in [0.25, 0.3) is 0 Å². The molecule has 1 N–H and O–H groups in total. The number of alkyl halides is 3. The van der Waals surface area contributed by atoms with E-state index >= 15 is 0 Å². The number of nitrogens with zero attached hydrogens (tertiary/aromatic N) is 2. The standard InChI is InChI=1S/C21H24N2O2.C2HF3O2/c1-16-4-6-17(7-5-16)20(24)23-11-8-21(9-12-23)13-19(14-21)25-18-3-2-10-22-15-18;3-2(4,5)1(6)7/h2-7,10,15,19H,8-9,11-14H2,1H3;(H,6,7). The van der Waals surface area contributed by atoms with Crippen molar-refractivity contribution in [3.8, 4) is 5.75 Å². The normalized spacial score (nSPS) is 17.7. The third-order valence-electron chi connectivity index (χ3n) is 5.91. The maximum absolute atomic E-state index is 12.6. The number of carboxylic acid groups (broad SMARTS) is 1. The number of ether oxygens (including phenoxy) is 1. The maximum atomic E-state index is 12.6. The van der Waals surface area contributed by atoms with Gasteiger partial charge in [-0.05, 0) is 62.3 Å². The summed E-state index contributed by atoms with van der Waals surface area (Å²) in [5.74, 6) is -1.74. The van der Waals surface area contributed by atoms with E-state index in [9.17, 15) is 18.0 Å². The van der Waals surface area contributed by atoms with Crippen molar-refractivity contribution in [3.05, 3.63) is 59.9 Å². The number of hydrogen-bond donors (Lipinski definition) is 1. The molecule has 172 valence electrons. The number of carboxylic acids is 1. The van der Waals surface area contributed by atoms with Crippen LogP contribution < -0.4 is 4.74 Å². The van der Waals surface area contributed by atoms with Crippen LogP contribution in [0.1, 0.15) is 41.6 Å². The van der Waals surface area contributed by atoms with E-state index in [1.54, 1.807) is 12.4 Å². The quantitative estimate of drug-likeness (QED) is 0.746. The van der Waals surface area contributed by atoms with Gasteiger partial charge < -0.3 is 14.7 Å². The van der Waals surface area contributed by atoms with E-state index in [1.807, 2.05) is 48.2 Å². The number of piperidine rings is 1. The molecule has 1 spiro atoms. The Morgan fingerprint density at radius 2 is 1.72 bits per heavy atom. The van der Waals surface area contributed by atoms with Gasteiger partial charge in [-0.2, -0.15) is 13.2 Å². The summed E-state index contributed by atoms with van der Waals surface area (Å²) in [5, 5.41) is 7.12. The first-order valence-corrected chi connectivity index (χ1v) is 10.3. The van der Waals surface area contributed by atoms with Crippen molar-refractivity contribution in [2.45, 2.75) is 44.9 Å². The smallest absolute Gasteiger partial charge is 0.489 e. The van der Waals surface area contributed by atoms with Crippen molar-refractivity contribution in [1.82, 2.24) is 9.88 Å². The molecule has 2 aliphatic rings. The van der Waals surface area contributed by atoms with Gasteiger partial charge in [-0.3, -0.25) is 9.78 Å². The molecule has 2 aromatic rings. The molecule has 1 aromatic carbocycles. The molecule has 1 saturated heterocycles. The summed E-state index contributed by atoms with van der Waals surface area (Å²) in [7, 11) is 0. The first-order valence-electron chi connectivity index (χ1n) is 10.3. The van der Waals surface area contributed by atoms with Gasteiger partial charge in [0.2, 0.25) is 0 Å². The molecule has 4 rings (SSSR count). The average molecular weight is 450 g/mol. The Morgan fingerprint density at radius 1 is 1.12 bits per heavy atom. The van der Waals surface area contributed by atoms with E-state index in [4.69, 9.17) is 14.6 Å². The largest absolute Gasteiger partial charge is 0.490 e. The molecule has 1 aliphatic heterocycles. The number of aliphatic carboxylic acids is 1. The molecule has 6 nitrogen and oxygen atoms in total. The average Bonchev–Trinajstić information content (AvgIpc) is 2.74. The summed E-state index contributed by atoms with van der Waals surface area (Å²) in [4.78, 5) is 27.6. The summed E-state index contributed by atoms with van der Waals surface area (Å²) in [6.07, 6.45) is 3.09. The summed E-state index contributed by atoms with van der Waals surface area (Å²) in [6.45, 7) is 3.75. The Hall–Kier alpha value is -3.10. The van der Waals surface area contributed by atoms with Crippen molar-refractivity contribution >= 4 is 11.9 Å². The number of aromatic nitrogens is 1. The second-order valence-electron chi connectivity index (χ2n) is 8.30. The minimum atomic E-state index is -5.08. The Morgan fingerprint density at radius 3 is 2.22 bits per heavy atom. The lowest BCUT2D eigenvalue weighted by atomic mass is 9.61. The number of halogens is 3. The van der Waals surface area contributed by atoms with Crippen LogP contribution in [0.5, 0.6) is 5.75 Å². The van der Waals surface area contributed by atoms with Crippen LogP contribution in [-0.2, 0) is 4.79 Å². The lowest BCUT2D eigenvalue weighted by Crippen LogP contribution is -2.52. The second kappa shape index (κ2) is 9.58. The van der Waals surface area contributed by atoms with Crippen molar-refractivity contribution < 1.29 is 32.6 Å². The number of aryl methyl sites for hydroxylation is 1. The van der Waals surface area contributed by atoms with E-state index in [0.29, 0.717) is 11.5 Å². The topological polar surface area (TPSA) is 79.7 Å². The lowest BCUT2D eigenvalue weighted by molar-refractivity contribution is -0.192. The summed E-state index contributed by atoms with van der Waals surface area (Å²) in [5.41, 5.74) is 2.35. The Bertz CT molecular complexity index is 917. The third-order valence-corrected chi connectivity index (χ3v) is 5.91. The SMILES string of the molecule is Cc1ccc(C(=O)N2CCC3(CC2)CC(Oc2cccnc2)C3)cc1.O=C(O)C(F)(F)F. The van der Waals surface area contributed by atoms with E-state index in [2.05, 4.69) is 4.98 Å². The molecular weight excluding hydrogens is 425 g/mol. The Balaban J connectivity index is 0.000000360. The molecule has 0 radical (unpaired) electrons. The first kappa shape index (κ1) is 23.6. The zero-order valence-corrected chi connectivity index (χ0v) is 17.6. The summed E-state index contributed by atoms with van der Waals surface area (Å²) < 4.78 is 37.7. The minimum absolute atomic E-state index is 0.164. The molecular formula is C23H25F3N2O4. The number of hydrogen-bond acceptors (Lipinski definition) is 4. The molecule has 0 atom stereocenters. The number of carbonyl (C=O) groups is 2. The number of amides is 1. The van der Waals surface area contributed by atoms with E-state index in [1.165, 1.54) is 5.56 Å². The molecule has 0 bridgehead atoms. The highest BCUT2D eigenvalue weighted by atomic mass is 19.4. The van der Waals surface area contributed by atoms with Crippen molar-refractivity contribution in [1.29, 1.82) is 0 Å². The van der Waals surface area contributed by atoms with Crippen molar-refractivity contribution in [2.75, 3.05) is 13.1 Å². The van der Waals surface area contributed by atoms with Gasteiger partial charge in [0.25, 0.3) is 5.91 Å². The zero-order chi connectivity index (χ0) is 23.4. The van der Waals surface area contributed by atoms with Crippen LogP contribution in [-0.4, -0.2) is 52.2 Å². The molecule has 1 saturated carbocycles. The second-order valence-corrected chi connectivity index (χ2v) is 8.30. The molecule has 32 heavy (non-hydrogen) atoms. The van der Waals surface area contributed by atoms with E-state index in [-0.39, 0.29) is 5.91 Å². The number of carbonyl (C=O) groups excluding carboxylic acids is 1. The van der Waals surface area contributed by atoms with Gasteiger partial charge in [-0.15, -0.1) is 0 Å². The van der Waals surface area contributed by atoms with Crippen LogP contribution in [0.2, 0.25) is 0 Å². The molecule has 2 heterocycles. The molecule has 2 fully saturated rings. The first-order chi connectivity index (χ1) is 15.1. The highest BCUT2D eigenvalue weighted by molar-refractivity contribution is 5.94. The fraction of sp³-hybridized carbons (Fsp3) is 0.435. The number of likely N-dealkylation sites (tertiary alicyclic amines) is 1. The van der Waals surface area contributed by atoms with Gasteiger partial charge in [0, 0.05) is 24.8 Å². The number of pyridine rings is 1. The van der Waals surface area contributed by atoms with Gasteiger partial charge in [0.05, 0.1) is 12.3 Å². The van der Waals surface area contributed by atoms with Gasteiger partial charge in [0.15, 0.2) is 0 Å². The van der Waals surface area contributed by atoms with Crippen LogP contribution in [0, 0.1) is 12.3 Å². The summed E-state index contributed by atoms with van der Waals surface area (Å²) >= 11 is 0. The highest BCUT2D eigenvalue weighted by Gasteiger charge is 2.47. The highest BCUT2D eigenvalue weighted by Crippen LogP contribution is 2.50. The lowest BCUT2D eigenvalue weighted by Gasteiger charge is -2.51. The monoisotopic (exact) mass is 450 g/mol. The summed E-state index contributed by atoms with van der Waals surface area (Å²) in [6, 6.07) is 11.7. The van der Waals surface area contributed by atoms with Crippen LogP contribution in [0.3, 0.4) is 0 Å². The van der Waals surface area contributed by atoms with E-state index < -0.39 is 12.1 Å². The molecule has 9 heteroatoms. The third kappa shape index (κ3) is 5.99. The van der Waals surface area contributed by atoms with Crippen molar-refractivity contribution in [3.63, 3.8) is 0 Å². The predicted octanol–water partition coefficient (Wildman–Crippen LogP) is 4.49. The van der Waals surface area contributed by atoms with Gasteiger partial charge in [-0.25, -0.2) is 4.79 Å². The number of benzene rings is 1. The van der Waals surface area contributed by atoms with Crippen LogP contribution in [0.15, 0.2) is 48.8 Å². The fourth-order valence-electron chi connectivity index (χ4n) is 4.07. The molecule has 1 aliphatic carbocycles. The van der Waals surface area contributed by atoms with Crippen molar-refractivity contribution in [2.24, 2.45) is 5.41 Å². The van der Waals surface area contributed by atoms with Gasteiger partial charge in [-0.1, -0.05) is 17.7 Å². The fourth-order valence-corrected chi connectivity index (χ4v) is 4.07. The predicted molar refractivity (Wildman–Crippen MR) is 110 cm³/mol. The maximum Gasteiger partial charge on any atom is 0.490 e. The van der Waals surface area contributed by atoms with Gasteiger partial charge in [0.1, 0.15) is 5.75 Å². The molecule has 0 unspecified atom stereocenters. The molecule has 1 amide bonds.